The summed E-state index contributed by atoms with van der Waals surface area (Å²) in [5, 5.41) is 6.15. The normalized spacial score (nSPS) is 14.8. The first kappa shape index (κ1) is 18.3. The second-order valence-corrected chi connectivity index (χ2v) is 6.50. The van der Waals surface area contributed by atoms with Gasteiger partial charge in [0.25, 0.3) is 5.91 Å². The maximum Gasteiger partial charge on any atom is 0.274 e. The van der Waals surface area contributed by atoms with E-state index in [9.17, 15) is 4.79 Å². The number of rotatable bonds is 6. The number of hydrogen-bond acceptors (Lipinski definition) is 6. The first-order valence-corrected chi connectivity index (χ1v) is 8.86. The Kier molecular flexibility index (Phi) is 6.14. The molecule has 0 bridgehead atoms. The molecular formula is C19H25N5O2. The summed E-state index contributed by atoms with van der Waals surface area (Å²) in [6.07, 6.45) is 1.41. The van der Waals surface area contributed by atoms with E-state index in [1.54, 1.807) is 6.07 Å². The number of carbonyl (C=O) groups is 1. The number of benzene rings is 1. The molecule has 1 aliphatic heterocycles. The molecule has 7 heteroatoms. The molecule has 2 aromatic rings. The van der Waals surface area contributed by atoms with Gasteiger partial charge in [0.1, 0.15) is 17.8 Å². The van der Waals surface area contributed by atoms with Gasteiger partial charge in [0.15, 0.2) is 0 Å². The van der Waals surface area contributed by atoms with Crippen molar-refractivity contribution in [2.75, 3.05) is 50.0 Å². The molecule has 1 amide bonds. The quantitative estimate of drug-likeness (QED) is 0.826. The lowest BCUT2D eigenvalue weighted by Gasteiger charge is -2.26. The average Bonchev–Trinajstić information content (AvgIpc) is 2.62. The summed E-state index contributed by atoms with van der Waals surface area (Å²) in [4.78, 5) is 23.1. The summed E-state index contributed by atoms with van der Waals surface area (Å²) in [6, 6.07) is 7.62. The molecule has 1 aliphatic rings. The van der Waals surface area contributed by atoms with Crippen molar-refractivity contribution in [1.82, 2.24) is 14.9 Å². The minimum atomic E-state index is -0.242. The van der Waals surface area contributed by atoms with Crippen molar-refractivity contribution in [3.05, 3.63) is 47.4 Å². The van der Waals surface area contributed by atoms with Crippen molar-refractivity contribution >= 4 is 17.4 Å². The molecule has 0 atom stereocenters. The van der Waals surface area contributed by atoms with E-state index in [0.717, 1.165) is 56.2 Å². The highest BCUT2D eigenvalue weighted by Gasteiger charge is 2.11. The summed E-state index contributed by atoms with van der Waals surface area (Å²) in [7, 11) is 0. The fourth-order valence-corrected chi connectivity index (χ4v) is 2.99. The van der Waals surface area contributed by atoms with Gasteiger partial charge in [-0.25, -0.2) is 9.97 Å². The summed E-state index contributed by atoms with van der Waals surface area (Å²) in [6.45, 7) is 9.16. The van der Waals surface area contributed by atoms with Gasteiger partial charge in [0.05, 0.1) is 13.2 Å². The third-order valence-electron chi connectivity index (χ3n) is 4.22. The standard InChI is InChI=1S/C19H25N5O2/c1-14-9-15(2)11-16(10-14)23-19(25)17-12-18(22-13-21-17)20-3-4-24-5-7-26-8-6-24/h9-13H,3-8H2,1-2H3,(H,23,25)(H,20,21,22). The summed E-state index contributed by atoms with van der Waals surface area (Å²) >= 11 is 0. The first-order chi connectivity index (χ1) is 12.6. The van der Waals surface area contributed by atoms with E-state index in [-0.39, 0.29) is 5.91 Å². The number of aryl methyl sites for hydroxylation is 2. The third kappa shape index (κ3) is 5.24. The molecule has 1 aromatic heterocycles. The van der Waals surface area contributed by atoms with Crippen molar-refractivity contribution in [2.24, 2.45) is 0 Å². The highest BCUT2D eigenvalue weighted by molar-refractivity contribution is 6.03. The molecule has 7 nitrogen and oxygen atoms in total. The SMILES string of the molecule is Cc1cc(C)cc(NC(=O)c2cc(NCCN3CCOCC3)ncn2)c1. The Balaban J connectivity index is 1.56. The molecule has 0 radical (unpaired) electrons. The summed E-state index contributed by atoms with van der Waals surface area (Å²) in [5.74, 6) is 0.410. The van der Waals surface area contributed by atoms with Crippen LogP contribution >= 0.6 is 0 Å². The van der Waals surface area contributed by atoms with E-state index >= 15 is 0 Å². The number of nitrogens with zero attached hydrogens (tertiary/aromatic N) is 3. The molecule has 0 spiro atoms. The topological polar surface area (TPSA) is 79.4 Å². The zero-order chi connectivity index (χ0) is 18.4. The van der Waals surface area contributed by atoms with Crippen molar-refractivity contribution in [2.45, 2.75) is 13.8 Å². The minimum absolute atomic E-state index is 0.242. The van der Waals surface area contributed by atoms with Crippen LogP contribution in [0.5, 0.6) is 0 Å². The fourth-order valence-electron chi connectivity index (χ4n) is 2.99. The largest absolute Gasteiger partial charge is 0.379 e. The van der Waals surface area contributed by atoms with E-state index in [1.165, 1.54) is 6.33 Å². The molecule has 1 aromatic carbocycles. The predicted molar refractivity (Wildman–Crippen MR) is 102 cm³/mol. The molecule has 2 N–H and O–H groups in total. The monoisotopic (exact) mass is 355 g/mol. The number of morpholine rings is 1. The maximum atomic E-state index is 12.5. The zero-order valence-corrected chi connectivity index (χ0v) is 15.3. The second-order valence-electron chi connectivity index (χ2n) is 6.50. The molecular weight excluding hydrogens is 330 g/mol. The van der Waals surface area contributed by atoms with Gasteiger partial charge in [-0.15, -0.1) is 0 Å². The van der Waals surface area contributed by atoms with Crippen LogP contribution in [0.1, 0.15) is 21.6 Å². The van der Waals surface area contributed by atoms with Crippen LogP contribution in [0.25, 0.3) is 0 Å². The molecule has 138 valence electrons. The van der Waals surface area contributed by atoms with Gasteiger partial charge in [-0.3, -0.25) is 9.69 Å². The molecule has 26 heavy (non-hydrogen) atoms. The number of aromatic nitrogens is 2. The Morgan fingerprint density at radius 3 is 2.58 bits per heavy atom. The van der Waals surface area contributed by atoms with E-state index in [4.69, 9.17) is 4.74 Å². The van der Waals surface area contributed by atoms with Gasteiger partial charge in [-0.1, -0.05) is 6.07 Å². The van der Waals surface area contributed by atoms with Crippen LogP contribution < -0.4 is 10.6 Å². The van der Waals surface area contributed by atoms with Crippen molar-refractivity contribution in [3.8, 4) is 0 Å². The van der Waals surface area contributed by atoms with Gasteiger partial charge < -0.3 is 15.4 Å². The lowest BCUT2D eigenvalue weighted by Crippen LogP contribution is -2.39. The van der Waals surface area contributed by atoms with Gasteiger partial charge in [0.2, 0.25) is 0 Å². The van der Waals surface area contributed by atoms with Crippen LogP contribution in [-0.4, -0.2) is 60.2 Å². The minimum Gasteiger partial charge on any atom is -0.379 e. The van der Waals surface area contributed by atoms with Crippen molar-refractivity contribution in [3.63, 3.8) is 0 Å². The lowest BCUT2D eigenvalue weighted by molar-refractivity contribution is 0.0398. The number of amides is 1. The summed E-state index contributed by atoms with van der Waals surface area (Å²) < 4.78 is 5.34. The van der Waals surface area contributed by atoms with Gasteiger partial charge in [0, 0.05) is 37.9 Å². The second kappa shape index (κ2) is 8.73. The Hall–Kier alpha value is -2.51. The Morgan fingerprint density at radius 2 is 1.85 bits per heavy atom. The number of anilines is 2. The fraction of sp³-hybridized carbons (Fsp3) is 0.421. The van der Waals surface area contributed by atoms with E-state index in [0.29, 0.717) is 11.5 Å². The van der Waals surface area contributed by atoms with Crippen LogP contribution in [-0.2, 0) is 4.74 Å². The number of nitrogens with one attached hydrogen (secondary N) is 2. The van der Waals surface area contributed by atoms with Gasteiger partial charge in [-0.2, -0.15) is 0 Å². The van der Waals surface area contributed by atoms with Gasteiger partial charge >= 0.3 is 0 Å². The third-order valence-corrected chi connectivity index (χ3v) is 4.22. The average molecular weight is 355 g/mol. The molecule has 1 saturated heterocycles. The Morgan fingerprint density at radius 1 is 1.12 bits per heavy atom. The van der Waals surface area contributed by atoms with E-state index in [2.05, 4.69) is 31.6 Å². The van der Waals surface area contributed by atoms with Crippen LogP contribution in [0.4, 0.5) is 11.5 Å². The van der Waals surface area contributed by atoms with Gasteiger partial charge in [-0.05, 0) is 37.1 Å². The smallest absolute Gasteiger partial charge is 0.274 e. The Labute approximate surface area is 153 Å². The highest BCUT2D eigenvalue weighted by atomic mass is 16.5. The maximum absolute atomic E-state index is 12.5. The van der Waals surface area contributed by atoms with Crippen molar-refractivity contribution < 1.29 is 9.53 Å². The zero-order valence-electron chi connectivity index (χ0n) is 15.3. The van der Waals surface area contributed by atoms with Crippen molar-refractivity contribution in [1.29, 1.82) is 0 Å². The molecule has 1 fully saturated rings. The first-order valence-electron chi connectivity index (χ1n) is 8.86. The summed E-state index contributed by atoms with van der Waals surface area (Å²) in [5.41, 5.74) is 3.32. The van der Waals surface area contributed by atoms with E-state index < -0.39 is 0 Å². The van der Waals surface area contributed by atoms with Crippen LogP contribution in [0.15, 0.2) is 30.6 Å². The molecule has 0 aliphatic carbocycles. The van der Waals surface area contributed by atoms with Crippen LogP contribution in [0.3, 0.4) is 0 Å². The Bertz CT molecular complexity index is 739. The molecule has 0 unspecified atom stereocenters. The predicted octanol–water partition coefficient (Wildman–Crippen LogP) is 2.09. The number of hydrogen-bond donors (Lipinski definition) is 2. The molecule has 2 heterocycles. The number of carbonyl (C=O) groups excluding carboxylic acids is 1. The molecule has 0 saturated carbocycles. The highest BCUT2D eigenvalue weighted by Crippen LogP contribution is 2.15. The van der Waals surface area contributed by atoms with Crippen LogP contribution in [0, 0.1) is 13.8 Å². The molecule has 3 rings (SSSR count). The van der Waals surface area contributed by atoms with E-state index in [1.807, 2.05) is 26.0 Å². The lowest BCUT2D eigenvalue weighted by atomic mass is 10.1. The van der Waals surface area contributed by atoms with Crippen LogP contribution in [0.2, 0.25) is 0 Å². The number of ether oxygens (including phenoxy) is 1.